The average Bonchev–Trinajstić information content (AvgIpc) is 2.83. The second kappa shape index (κ2) is 10.1. The Morgan fingerprint density at radius 3 is 2.06 bits per heavy atom. The Morgan fingerprint density at radius 2 is 1.47 bits per heavy atom. The first-order chi connectivity index (χ1) is 16.2. The summed E-state index contributed by atoms with van der Waals surface area (Å²) in [6.07, 6.45) is 1.96. The lowest BCUT2D eigenvalue weighted by Crippen LogP contribution is -2.42. The number of halogens is 3. The molecule has 0 fully saturated rings. The SMILES string of the molecule is COC(=O)C1=CCC(c2cccc(Cl)c2)N(S(=O)(=O)c2ccc(Cl)cc2)C1c1cccc(Cl)c1. The van der Waals surface area contributed by atoms with E-state index in [1.165, 1.54) is 35.7 Å². The molecule has 4 rings (SSSR count). The molecule has 3 aromatic rings. The van der Waals surface area contributed by atoms with Gasteiger partial charge in [-0.1, -0.05) is 65.1 Å². The van der Waals surface area contributed by atoms with Crippen LogP contribution in [0.5, 0.6) is 0 Å². The third-order valence-electron chi connectivity index (χ3n) is 5.63. The molecule has 0 spiro atoms. The van der Waals surface area contributed by atoms with Gasteiger partial charge in [-0.2, -0.15) is 4.31 Å². The molecule has 0 aliphatic carbocycles. The normalized spacial score (nSPS) is 18.9. The number of carbonyl (C=O) groups excluding carboxylic acids is 1. The molecule has 1 aliphatic heterocycles. The molecule has 0 bridgehead atoms. The topological polar surface area (TPSA) is 63.7 Å². The van der Waals surface area contributed by atoms with Crippen molar-refractivity contribution >= 4 is 50.8 Å². The van der Waals surface area contributed by atoms with E-state index in [4.69, 9.17) is 39.5 Å². The van der Waals surface area contributed by atoms with Crippen molar-refractivity contribution in [3.05, 3.63) is 111 Å². The largest absolute Gasteiger partial charge is 0.466 e. The van der Waals surface area contributed by atoms with Crippen LogP contribution >= 0.6 is 34.8 Å². The Balaban J connectivity index is 1.99. The van der Waals surface area contributed by atoms with Crippen molar-refractivity contribution in [2.45, 2.75) is 23.4 Å². The number of nitrogens with zero attached hydrogens (tertiary/aromatic N) is 1. The number of sulfonamides is 1. The number of rotatable bonds is 5. The third-order valence-corrected chi connectivity index (χ3v) is 8.24. The first-order valence-electron chi connectivity index (χ1n) is 10.3. The van der Waals surface area contributed by atoms with Gasteiger partial charge in [-0.3, -0.25) is 0 Å². The monoisotopic (exact) mass is 535 g/mol. The first-order valence-corrected chi connectivity index (χ1v) is 12.9. The number of carbonyl (C=O) groups is 1. The lowest BCUT2D eigenvalue weighted by Gasteiger charge is -2.41. The van der Waals surface area contributed by atoms with Gasteiger partial charge in [0.05, 0.1) is 29.7 Å². The highest BCUT2D eigenvalue weighted by atomic mass is 35.5. The Morgan fingerprint density at radius 1 is 0.882 bits per heavy atom. The van der Waals surface area contributed by atoms with Crippen molar-refractivity contribution < 1.29 is 17.9 Å². The van der Waals surface area contributed by atoms with Crippen molar-refractivity contribution in [1.29, 1.82) is 0 Å². The molecule has 0 aromatic heterocycles. The Labute approximate surface area is 213 Å². The third kappa shape index (κ3) is 4.88. The van der Waals surface area contributed by atoms with E-state index in [1.54, 1.807) is 48.5 Å². The van der Waals surface area contributed by atoms with Gasteiger partial charge in [-0.25, -0.2) is 13.2 Å². The molecule has 34 heavy (non-hydrogen) atoms. The van der Waals surface area contributed by atoms with Gasteiger partial charge in [0.1, 0.15) is 0 Å². The van der Waals surface area contributed by atoms with Crippen molar-refractivity contribution in [1.82, 2.24) is 4.31 Å². The standard InChI is InChI=1S/C25H20Cl3NO4S/c1-33-25(30)22-12-13-23(16-4-2-6-19(27)14-16)29(24(22)17-5-3-7-20(28)15-17)34(31,32)21-10-8-18(26)9-11-21/h2-12,14-15,23-24H,13H2,1H3. The van der Waals surface area contributed by atoms with Crippen LogP contribution in [0.1, 0.15) is 29.6 Å². The smallest absolute Gasteiger partial charge is 0.335 e. The molecule has 9 heteroatoms. The summed E-state index contributed by atoms with van der Waals surface area (Å²) in [6.45, 7) is 0. The fraction of sp³-hybridized carbons (Fsp3) is 0.160. The van der Waals surface area contributed by atoms with Crippen LogP contribution in [0.25, 0.3) is 0 Å². The number of hydrogen-bond acceptors (Lipinski definition) is 4. The minimum absolute atomic E-state index is 0.0436. The van der Waals surface area contributed by atoms with Crippen LogP contribution < -0.4 is 0 Å². The minimum Gasteiger partial charge on any atom is -0.466 e. The van der Waals surface area contributed by atoms with E-state index < -0.39 is 28.1 Å². The molecule has 3 aromatic carbocycles. The maximum absolute atomic E-state index is 14.1. The highest BCUT2D eigenvalue weighted by Crippen LogP contribution is 2.46. The lowest BCUT2D eigenvalue weighted by atomic mass is 9.89. The van der Waals surface area contributed by atoms with Crippen LogP contribution in [0.15, 0.2) is 89.3 Å². The number of benzene rings is 3. The van der Waals surface area contributed by atoms with Gasteiger partial charge in [-0.05, 0) is 66.1 Å². The lowest BCUT2D eigenvalue weighted by molar-refractivity contribution is -0.137. The number of esters is 1. The average molecular weight is 537 g/mol. The summed E-state index contributed by atoms with van der Waals surface area (Å²) in [5.41, 5.74) is 1.44. The van der Waals surface area contributed by atoms with Gasteiger partial charge in [0.15, 0.2) is 0 Å². The molecular weight excluding hydrogens is 517 g/mol. The summed E-state index contributed by atoms with van der Waals surface area (Å²) >= 11 is 18.5. The fourth-order valence-electron chi connectivity index (χ4n) is 4.12. The van der Waals surface area contributed by atoms with Crippen LogP contribution in [-0.4, -0.2) is 25.8 Å². The van der Waals surface area contributed by atoms with Crippen LogP contribution in [0.4, 0.5) is 0 Å². The molecule has 1 aliphatic rings. The molecule has 2 atom stereocenters. The summed E-state index contributed by atoms with van der Waals surface area (Å²) < 4.78 is 34.6. The predicted octanol–water partition coefficient (Wildman–Crippen LogP) is 6.62. The van der Waals surface area contributed by atoms with E-state index in [-0.39, 0.29) is 16.9 Å². The van der Waals surface area contributed by atoms with Crippen molar-refractivity contribution in [3.63, 3.8) is 0 Å². The molecule has 176 valence electrons. The molecule has 5 nitrogen and oxygen atoms in total. The second-order valence-electron chi connectivity index (χ2n) is 7.70. The molecule has 0 amide bonds. The molecule has 0 N–H and O–H groups in total. The summed E-state index contributed by atoms with van der Waals surface area (Å²) in [5.74, 6) is -0.620. The summed E-state index contributed by atoms with van der Waals surface area (Å²) in [6, 6.07) is 18.1. The molecule has 2 unspecified atom stereocenters. The van der Waals surface area contributed by atoms with E-state index in [2.05, 4.69) is 0 Å². The first kappa shape index (κ1) is 24.8. The molecule has 1 heterocycles. The van der Waals surface area contributed by atoms with Gasteiger partial charge in [0.25, 0.3) is 0 Å². The molecule has 0 radical (unpaired) electrons. The highest BCUT2D eigenvalue weighted by molar-refractivity contribution is 7.89. The maximum Gasteiger partial charge on any atom is 0.335 e. The van der Waals surface area contributed by atoms with Gasteiger partial charge in [-0.15, -0.1) is 0 Å². The Hall–Kier alpha value is -2.35. The Kier molecular flexibility index (Phi) is 7.36. The van der Waals surface area contributed by atoms with Crippen molar-refractivity contribution in [2.75, 3.05) is 7.11 Å². The zero-order valence-corrected chi connectivity index (χ0v) is 21.1. The quantitative estimate of drug-likeness (QED) is 0.344. The van der Waals surface area contributed by atoms with Gasteiger partial charge < -0.3 is 4.74 Å². The Bertz CT molecular complexity index is 1360. The summed E-state index contributed by atoms with van der Waals surface area (Å²) in [7, 11) is -2.87. The highest BCUT2D eigenvalue weighted by Gasteiger charge is 2.44. The zero-order chi connectivity index (χ0) is 24.5. The zero-order valence-electron chi connectivity index (χ0n) is 18.0. The number of ether oxygens (including phenoxy) is 1. The van der Waals surface area contributed by atoms with Crippen LogP contribution in [0.2, 0.25) is 15.1 Å². The predicted molar refractivity (Wildman–Crippen MR) is 134 cm³/mol. The van der Waals surface area contributed by atoms with E-state index in [0.29, 0.717) is 26.2 Å². The maximum atomic E-state index is 14.1. The second-order valence-corrected chi connectivity index (χ2v) is 10.9. The van der Waals surface area contributed by atoms with E-state index in [9.17, 15) is 13.2 Å². The summed E-state index contributed by atoms with van der Waals surface area (Å²) in [5, 5.41) is 1.30. The van der Waals surface area contributed by atoms with E-state index in [0.717, 1.165) is 0 Å². The molecule has 0 saturated heterocycles. The van der Waals surface area contributed by atoms with Crippen LogP contribution in [0, 0.1) is 0 Å². The van der Waals surface area contributed by atoms with Crippen molar-refractivity contribution in [3.8, 4) is 0 Å². The number of methoxy groups -OCH3 is 1. The molecular formula is C25H20Cl3NO4S. The van der Waals surface area contributed by atoms with E-state index in [1.807, 2.05) is 6.07 Å². The fourth-order valence-corrected chi connectivity index (χ4v) is 6.42. The van der Waals surface area contributed by atoms with Crippen LogP contribution in [0.3, 0.4) is 0 Å². The minimum atomic E-state index is -4.13. The summed E-state index contributed by atoms with van der Waals surface area (Å²) in [4.78, 5) is 12.8. The van der Waals surface area contributed by atoms with E-state index >= 15 is 0 Å². The van der Waals surface area contributed by atoms with Gasteiger partial charge in [0.2, 0.25) is 10.0 Å². The van der Waals surface area contributed by atoms with Crippen LogP contribution in [-0.2, 0) is 19.6 Å². The molecule has 0 saturated carbocycles. The number of hydrogen-bond donors (Lipinski definition) is 0. The van der Waals surface area contributed by atoms with Gasteiger partial charge >= 0.3 is 5.97 Å². The van der Waals surface area contributed by atoms with Crippen molar-refractivity contribution in [2.24, 2.45) is 0 Å². The van der Waals surface area contributed by atoms with Gasteiger partial charge in [0, 0.05) is 15.1 Å².